The van der Waals surface area contributed by atoms with Crippen LogP contribution in [0.25, 0.3) is 0 Å². The SMILES string of the molecule is CC(C)C[C@H](NC(=O)OCc1ccccc1)C(=O)N[C@@H](CO)C(=O)[O-]. The highest BCUT2D eigenvalue weighted by molar-refractivity contribution is 5.88. The number of carbonyl (C=O) groups is 3. The number of hydrogen-bond donors (Lipinski definition) is 3. The Morgan fingerprint density at radius 3 is 2.28 bits per heavy atom. The molecule has 0 heterocycles. The third-order valence-corrected chi connectivity index (χ3v) is 3.31. The Balaban J connectivity index is 2.63. The molecule has 8 nitrogen and oxygen atoms in total. The van der Waals surface area contributed by atoms with Crippen LogP contribution in [0.2, 0.25) is 0 Å². The minimum absolute atomic E-state index is 0.0427. The maximum absolute atomic E-state index is 12.2. The van der Waals surface area contributed by atoms with Crippen molar-refractivity contribution in [2.75, 3.05) is 6.61 Å². The van der Waals surface area contributed by atoms with Gasteiger partial charge in [-0.3, -0.25) is 4.79 Å². The molecular weight excluding hydrogens is 328 g/mol. The number of nitrogens with one attached hydrogen (secondary N) is 2. The van der Waals surface area contributed by atoms with Crippen molar-refractivity contribution < 1.29 is 29.3 Å². The van der Waals surface area contributed by atoms with Gasteiger partial charge in [0.1, 0.15) is 12.6 Å². The number of hydrogen-bond acceptors (Lipinski definition) is 6. The second-order valence-corrected chi connectivity index (χ2v) is 5.95. The fraction of sp³-hybridized carbons (Fsp3) is 0.471. The predicted molar refractivity (Wildman–Crippen MR) is 87.0 cm³/mol. The molecule has 0 unspecified atom stereocenters. The lowest BCUT2D eigenvalue weighted by Gasteiger charge is -2.23. The summed E-state index contributed by atoms with van der Waals surface area (Å²) in [5.74, 6) is -2.28. The number of carbonyl (C=O) groups excluding carboxylic acids is 3. The number of carboxylic acids is 1. The summed E-state index contributed by atoms with van der Waals surface area (Å²) in [4.78, 5) is 34.9. The van der Waals surface area contributed by atoms with E-state index in [0.717, 1.165) is 5.56 Å². The Labute approximate surface area is 146 Å². The van der Waals surface area contributed by atoms with Gasteiger partial charge in [0.25, 0.3) is 0 Å². The van der Waals surface area contributed by atoms with E-state index in [1.807, 2.05) is 19.9 Å². The Kier molecular flexibility index (Phi) is 8.42. The van der Waals surface area contributed by atoms with Gasteiger partial charge in [0.2, 0.25) is 5.91 Å². The lowest BCUT2D eigenvalue weighted by atomic mass is 10.0. The van der Waals surface area contributed by atoms with Crippen LogP contribution in [-0.2, 0) is 20.9 Å². The number of benzene rings is 1. The number of amides is 2. The molecule has 0 saturated carbocycles. The van der Waals surface area contributed by atoms with E-state index in [9.17, 15) is 19.5 Å². The highest BCUT2D eigenvalue weighted by Gasteiger charge is 2.25. The fourth-order valence-electron chi connectivity index (χ4n) is 2.06. The zero-order chi connectivity index (χ0) is 18.8. The summed E-state index contributed by atoms with van der Waals surface area (Å²) in [6.07, 6.45) is -0.518. The van der Waals surface area contributed by atoms with E-state index in [1.54, 1.807) is 24.3 Å². The van der Waals surface area contributed by atoms with Gasteiger partial charge in [0.15, 0.2) is 0 Å². The van der Waals surface area contributed by atoms with E-state index in [1.165, 1.54) is 0 Å². The third kappa shape index (κ3) is 7.67. The second-order valence-electron chi connectivity index (χ2n) is 5.95. The highest BCUT2D eigenvalue weighted by atomic mass is 16.5. The average Bonchev–Trinajstić information content (AvgIpc) is 2.57. The minimum Gasteiger partial charge on any atom is -0.548 e. The summed E-state index contributed by atoms with van der Waals surface area (Å²) in [5.41, 5.74) is 0.791. The molecule has 0 spiro atoms. The number of carboxylic acid groups (broad SMARTS) is 1. The summed E-state index contributed by atoms with van der Waals surface area (Å²) < 4.78 is 5.06. The van der Waals surface area contributed by atoms with Crippen molar-refractivity contribution >= 4 is 18.0 Å². The molecular formula is C17H23N2O6-. The van der Waals surface area contributed by atoms with Gasteiger partial charge in [-0.25, -0.2) is 4.79 Å². The predicted octanol–water partition coefficient (Wildman–Crippen LogP) is -0.445. The molecule has 1 aromatic carbocycles. The van der Waals surface area contributed by atoms with Gasteiger partial charge in [-0.2, -0.15) is 0 Å². The van der Waals surface area contributed by atoms with Crippen LogP contribution in [0.4, 0.5) is 4.79 Å². The number of aliphatic carboxylic acids is 1. The van der Waals surface area contributed by atoms with E-state index in [0.29, 0.717) is 0 Å². The standard InChI is InChI=1S/C17H24N2O6/c1-11(2)8-13(15(21)18-14(9-20)16(22)23)19-17(24)25-10-12-6-4-3-5-7-12/h3-7,11,13-14,20H,8-10H2,1-2H3,(H,18,21)(H,19,24)(H,22,23)/p-1/t13-,14-/m0/s1. The Hall–Kier alpha value is -2.61. The van der Waals surface area contributed by atoms with E-state index in [2.05, 4.69) is 10.6 Å². The first-order valence-electron chi connectivity index (χ1n) is 7.92. The number of aliphatic hydroxyl groups excluding tert-OH is 1. The molecule has 0 fully saturated rings. The normalized spacial score (nSPS) is 13.0. The zero-order valence-corrected chi connectivity index (χ0v) is 14.2. The van der Waals surface area contributed by atoms with Crippen molar-refractivity contribution in [2.45, 2.75) is 39.0 Å². The first-order chi connectivity index (χ1) is 11.8. The average molecular weight is 351 g/mol. The third-order valence-electron chi connectivity index (χ3n) is 3.31. The number of alkyl carbamates (subject to hydrolysis) is 1. The molecule has 3 N–H and O–H groups in total. The summed E-state index contributed by atoms with van der Waals surface area (Å²) in [6, 6.07) is 6.50. The van der Waals surface area contributed by atoms with E-state index >= 15 is 0 Å². The molecule has 138 valence electrons. The Bertz CT molecular complexity index is 576. The van der Waals surface area contributed by atoms with Crippen molar-refractivity contribution in [3.63, 3.8) is 0 Å². The van der Waals surface area contributed by atoms with Crippen molar-refractivity contribution in [3.8, 4) is 0 Å². The number of aliphatic hydroxyl groups is 1. The monoisotopic (exact) mass is 351 g/mol. The molecule has 0 aliphatic rings. The first-order valence-corrected chi connectivity index (χ1v) is 7.92. The topological polar surface area (TPSA) is 128 Å². The highest BCUT2D eigenvalue weighted by Crippen LogP contribution is 2.07. The Morgan fingerprint density at radius 2 is 1.76 bits per heavy atom. The second kappa shape index (κ2) is 10.3. The van der Waals surface area contributed by atoms with Crippen molar-refractivity contribution in [2.24, 2.45) is 5.92 Å². The molecule has 0 bridgehead atoms. The molecule has 0 radical (unpaired) electrons. The smallest absolute Gasteiger partial charge is 0.408 e. The lowest BCUT2D eigenvalue weighted by molar-refractivity contribution is -0.309. The maximum Gasteiger partial charge on any atom is 0.408 e. The van der Waals surface area contributed by atoms with Crippen molar-refractivity contribution in [1.29, 1.82) is 0 Å². The molecule has 1 rings (SSSR count). The van der Waals surface area contributed by atoms with Gasteiger partial charge in [-0.1, -0.05) is 44.2 Å². The van der Waals surface area contributed by atoms with Gasteiger partial charge in [0, 0.05) is 0 Å². The first kappa shape index (κ1) is 20.4. The van der Waals surface area contributed by atoms with E-state index in [-0.39, 0.29) is 18.9 Å². The minimum atomic E-state index is -1.61. The molecule has 0 saturated heterocycles. The van der Waals surface area contributed by atoms with Crippen LogP contribution in [0.5, 0.6) is 0 Å². The quantitative estimate of drug-likeness (QED) is 0.553. The summed E-state index contributed by atoms with van der Waals surface area (Å²) in [7, 11) is 0. The molecule has 0 aliphatic carbocycles. The summed E-state index contributed by atoms with van der Waals surface area (Å²) in [5, 5.41) is 24.3. The number of ether oxygens (including phenoxy) is 1. The zero-order valence-electron chi connectivity index (χ0n) is 14.2. The summed E-state index contributed by atoms with van der Waals surface area (Å²) >= 11 is 0. The van der Waals surface area contributed by atoms with Gasteiger partial charge >= 0.3 is 6.09 Å². The van der Waals surface area contributed by atoms with Crippen LogP contribution in [0.3, 0.4) is 0 Å². The molecule has 2 amide bonds. The van der Waals surface area contributed by atoms with Gasteiger partial charge < -0.3 is 30.4 Å². The van der Waals surface area contributed by atoms with Crippen LogP contribution in [0.15, 0.2) is 30.3 Å². The van der Waals surface area contributed by atoms with E-state index < -0.39 is 36.7 Å². The van der Waals surface area contributed by atoms with Crippen LogP contribution in [0.1, 0.15) is 25.8 Å². The van der Waals surface area contributed by atoms with E-state index in [4.69, 9.17) is 9.84 Å². The lowest BCUT2D eigenvalue weighted by Crippen LogP contribution is -2.56. The van der Waals surface area contributed by atoms with Crippen LogP contribution >= 0.6 is 0 Å². The van der Waals surface area contributed by atoms with Crippen LogP contribution in [-0.4, -0.2) is 41.8 Å². The Morgan fingerprint density at radius 1 is 1.12 bits per heavy atom. The molecule has 0 aliphatic heterocycles. The van der Waals surface area contributed by atoms with Crippen molar-refractivity contribution in [3.05, 3.63) is 35.9 Å². The molecule has 8 heteroatoms. The van der Waals surface area contributed by atoms with Crippen LogP contribution < -0.4 is 15.7 Å². The number of rotatable bonds is 9. The molecule has 2 atom stereocenters. The molecule has 25 heavy (non-hydrogen) atoms. The fourth-order valence-corrected chi connectivity index (χ4v) is 2.06. The van der Waals surface area contributed by atoms with Gasteiger partial charge in [-0.15, -0.1) is 0 Å². The molecule has 0 aromatic heterocycles. The summed E-state index contributed by atoms with van der Waals surface area (Å²) in [6.45, 7) is 2.93. The van der Waals surface area contributed by atoms with Gasteiger partial charge in [0.05, 0.1) is 18.6 Å². The van der Waals surface area contributed by atoms with Crippen molar-refractivity contribution in [1.82, 2.24) is 10.6 Å². The molecule has 1 aromatic rings. The van der Waals surface area contributed by atoms with Gasteiger partial charge in [-0.05, 0) is 17.9 Å². The van der Waals surface area contributed by atoms with Crippen LogP contribution in [0, 0.1) is 5.92 Å². The largest absolute Gasteiger partial charge is 0.548 e. The maximum atomic E-state index is 12.2.